The first-order valence-corrected chi connectivity index (χ1v) is 13.5. The average molecular weight is 589 g/mol. The summed E-state index contributed by atoms with van der Waals surface area (Å²) in [5.74, 6) is -0.787. The van der Waals surface area contributed by atoms with Crippen LogP contribution in [-0.4, -0.2) is 29.0 Å². The van der Waals surface area contributed by atoms with Crippen molar-refractivity contribution in [3.05, 3.63) is 93.7 Å². The Hall–Kier alpha value is -2.97. The van der Waals surface area contributed by atoms with Gasteiger partial charge in [-0.25, -0.2) is 0 Å². The number of rotatable bonds is 7. The molecule has 0 radical (unpaired) electrons. The Bertz CT molecular complexity index is 1490. The number of hydrogen-bond donors (Lipinski definition) is 1. The Morgan fingerprint density at radius 2 is 1.61 bits per heavy atom. The van der Waals surface area contributed by atoms with Gasteiger partial charge in [0.2, 0.25) is 0 Å². The Morgan fingerprint density at radius 3 is 2.29 bits per heavy atom. The van der Waals surface area contributed by atoms with Crippen molar-refractivity contribution in [3.8, 4) is 0 Å². The van der Waals surface area contributed by atoms with Crippen molar-refractivity contribution in [1.29, 1.82) is 0 Å². The Morgan fingerprint density at radius 1 is 0.921 bits per heavy atom. The summed E-state index contributed by atoms with van der Waals surface area (Å²) in [5, 5.41) is 5.89. The van der Waals surface area contributed by atoms with Crippen molar-refractivity contribution < 1.29 is 14.3 Å². The van der Waals surface area contributed by atoms with Crippen LogP contribution in [0.15, 0.2) is 77.8 Å². The predicted octanol–water partition coefficient (Wildman–Crippen LogP) is 8.30. The quantitative estimate of drug-likeness (QED) is 0.173. The maximum atomic E-state index is 12.9. The van der Waals surface area contributed by atoms with Gasteiger partial charge in [-0.1, -0.05) is 59.1 Å². The van der Waals surface area contributed by atoms with Gasteiger partial charge in [-0.15, -0.1) is 0 Å². The lowest BCUT2D eigenvalue weighted by Gasteiger charge is -2.27. The highest BCUT2D eigenvalue weighted by molar-refractivity contribution is 8.00. The first-order chi connectivity index (χ1) is 18.0. The van der Waals surface area contributed by atoms with Crippen molar-refractivity contribution >= 4 is 80.8 Å². The highest BCUT2D eigenvalue weighted by Crippen LogP contribution is 2.38. The van der Waals surface area contributed by atoms with Gasteiger partial charge < -0.3 is 14.4 Å². The van der Waals surface area contributed by atoms with E-state index in [2.05, 4.69) is 10.3 Å². The van der Waals surface area contributed by atoms with E-state index in [9.17, 15) is 9.59 Å². The van der Waals surface area contributed by atoms with Gasteiger partial charge in [0.05, 0.1) is 5.69 Å². The molecule has 0 fully saturated rings. The minimum absolute atomic E-state index is 0.0474. The lowest BCUT2D eigenvalue weighted by atomic mass is 10.1. The number of carbonyl (C=O) groups is 2. The molecular weight excluding hydrogens is 565 g/mol. The first-order valence-electron chi connectivity index (χ1n) is 11.6. The van der Waals surface area contributed by atoms with Gasteiger partial charge in [0.15, 0.2) is 0 Å². The number of carbonyl (C=O) groups excluding carboxylic acids is 2. The van der Waals surface area contributed by atoms with Crippen LogP contribution in [0.4, 0.5) is 11.4 Å². The van der Waals surface area contributed by atoms with Gasteiger partial charge in [0.25, 0.3) is 5.91 Å². The van der Waals surface area contributed by atoms with Gasteiger partial charge in [0.1, 0.15) is 17.8 Å². The molecular formula is C28H24Cl3N3O3S. The molecule has 0 unspecified atom stereocenters. The molecule has 0 aliphatic heterocycles. The summed E-state index contributed by atoms with van der Waals surface area (Å²) < 4.78 is 7.42. The summed E-state index contributed by atoms with van der Waals surface area (Å²) in [6, 6.07) is 19.5. The lowest BCUT2D eigenvalue weighted by Crippen LogP contribution is -2.31. The van der Waals surface area contributed by atoms with E-state index < -0.39 is 11.6 Å². The van der Waals surface area contributed by atoms with E-state index in [1.807, 2.05) is 55.4 Å². The number of hydrogen-bond acceptors (Lipinski definition) is 6. The molecule has 38 heavy (non-hydrogen) atoms. The summed E-state index contributed by atoms with van der Waals surface area (Å²) >= 11 is 19.8. The van der Waals surface area contributed by atoms with Crippen LogP contribution < -0.4 is 9.62 Å². The minimum Gasteiger partial charge on any atom is -0.459 e. The molecule has 0 saturated carbocycles. The molecule has 1 heterocycles. The molecule has 1 N–H and O–H groups in total. The van der Waals surface area contributed by atoms with Crippen molar-refractivity contribution in [1.82, 2.24) is 4.98 Å². The number of aromatic nitrogens is 1. The van der Waals surface area contributed by atoms with Crippen LogP contribution >= 0.6 is 46.8 Å². The fourth-order valence-electron chi connectivity index (χ4n) is 3.70. The Labute approximate surface area is 240 Å². The molecule has 0 bridgehead atoms. The third kappa shape index (κ3) is 7.32. The van der Waals surface area contributed by atoms with Gasteiger partial charge in [-0.3, -0.25) is 14.6 Å². The monoisotopic (exact) mass is 587 g/mol. The van der Waals surface area contributed by atoms with E-state index in [1.165, 1.54) is 24.2 Å². The molecule has 10 heteroatoms. The molecule has 1 aromatic heterocycles. The van der Waals surface area contributed by atoms with Crippen LogP contribution in [0.25, 0.3) is 10.8 Å². The largest absolute Gasteiger partial charge is 0.459 e. The Kier molecular flexibility index (Phi) is 8.73. The molecule has 0 spiro atoms. The van der Waals surface area contributed by atoms with Gasteiger partial charge in [-0.05, 0) is 75.2 Å². The Balaban J connectivity index is 1.73. The molecule has 0 atom stereocenters. The van der Waals surface area contributed by atoms with Crippen LogP contribution in [0.2, 0.25) is 15.1 Å². The topological polar surface area (TPSA) is 71.5 Å². The minimum atomic E-state index is -0.642. The molecule has 1 amide bonds. The summed E-state index contributed by atoms with van der Waals surface area (Å²) in [5.41, 5.74) is 0.887. The van der Waals surface area contributed by atoms with Crippen LogP contribution in [0.1, 0.15) is 31.3 Å². The number of nitrogens with one attached hydrogen (secondary N) is 1. The number of anilines is 2. The standard InChI is InChI=1S/C28H24Cl3N3O3S/c1-28(2,3)37-26(35)16-34(38-20-13-18(30)12-19(31)14-20)25-9-5-6-21-22(25)7-4-8-23(21)33-27(36)24-15-17(29)10-11-32-24/h4-15H,16H2,1-3H3,(H,33,36). The SMILES string of the molecule is CC(C)(C)OC(=O)CN(Sc1cc(Cl)cc(Cl)c1)c1cccc2c(NC(=O)c3cc(Cl)ccn3)cccc12. The fraction of sp³-hybridized carbons (Fsp3) is 0.179. The molecule has 3 aromatic carbocycles. The molecule has 4 aromatic rings. The number of fused-ring (bicyclic) bond motifs is 1. The van der Waals surface area contributed by atoms with Crippen LogP contribution in [0.5, 0.6) is 0 Å². The zero-order chi connectivity index (χ0) is 27.4. The third-order valence-corrected chi connectivity index (χ3v) is 6.78. The maximum absolute atomic E-state index is 12.9. The number of esters is 1. The zero-order valence-corrected chi connectivity index (χ0v) is 23.9. The second kappa shape index (κ2) is 11.8. The van der Waals surface area contributed by atoms with Crippen molar-refractivity contribution in [2.45, 2.75) is 31.3 Å². The molecule has 0 aliphatic carbocycles. The van der Waals surface area contributed by atoms with Crippen molar-refractivity contribution in [2.75, 3.05) is 16.2 Å². The lowest BCUT2D eigenvalue weighted by molar-refractivity contribution is -0.152. The molecule has 0 aliphatic rings. The van der Waals surface area contributed by atoms with E-state index in [0.29, 0.717) is 20.8 Å². The number of ether oxygens (including phenoxy) is 1. The van der Waals surface area contributed by atoms with Crippen molar-refractivity contribution in [3.63, 3.8) is 0 Å². The molecule has 4 rings (SSSR count). The molecule has 196 valence electrons. The third-order valence-electron chi connectivity index (χ3n) is 5.11. The van der Waals surface area contributed by atoms with E-state index in [4.69, 9.17) is 39.5 Å². The second-order valence-electron chi connectivity index (χ2n) is 9.31. The van der Waals surface area contributed by atoms with E-state index in [-0.39, 0.29) is 18.1 Å². The van der Waals surface area contributed by atoms with Crippen LogP contribution in [-0.2, 0) is 9.53 Å². The summed E-state index contributed by atoms with van der Waals surface area (Å²) in [7, 11) is 0. The fourth-order valence-corrected chi connectivity index (χ4v) is 5.56. The van der Waals surface area contributed by atoms with Crippen molar-refractivity contribution in [2.24, 2.45) is 0 Å². The zero-order valence-electron chi connectivity index (χ0n) is 20.8. The van der Waals surface area contributed by atoms with E-state index >= 15 is 0 Å². The highest BCUT2D eigenvalue weighted by atomic mass is 35.5. The maximum Gasteiger partial charge on any atom is 0.327 e. The van der Waals surface area contributed by atoms with Crippen LogP contribution in [0.3, 0.4) is 0 Å². The molecule has 6 nitrogen and oxygen atoms in total. The first kappa shape index (κ1) is 28.0. The normalized spacial score (nSPS) is 11.3. The number of benzene rings is 3. The van der Waals surface area contributed by atoms with E-state index in [0.717, 1.165) is 21.4 Å². The van der Waals surface area contributed by atoms with Gasteiger partial charge in [-0.2, -0.15) is 0 Å². The average Bonchev–Trinajstić information content (AvgIpc) is 2.81. The smallest absolute Gasteiger partial charge is 0.327 e. The number of halogens is 3. The summed E-state index contributed by atoms with van der Waals surface area (Å²) in [6.07, 6.45) is 1.48. The number of amides is 1. The summed E-state index contributed by atoms with van der Waals surface area (Å²) in [4.78, 5) is 30.6. The van der Waals surface area contributed by atoms with Gasteiger partial charge >= 0.3 is 5.97 Å². The van der Waals surface area contributed by atoms with Crippen LogP contribution in [0, 0.1) is 0 Å². The number of pyridine rings is 1. The second-order valence-corrected chi connectivity index (χ2v) is 11.7. The summed E-state index contributed by atoms with van der Waals surface area (Å²) in [6.45, 7) is 5.41. The number of nitrogens with zero attached hydrogens (tertiary/aromatic N) is 2. The van der Waals surface area contributed by atoms with Gasteiger partial charge in [0, 0.05) is 42.6 Å². The predicted molar refractivity (Wildman–Crippen MR) is 157 cm³/mol. The van der Waals surface area contributed by atoms with E-state index in [1.54, 1.807) is 30.3 Å². The molecule has 0 saturated heterocycles. The highest BCUT2D eigenvalue weighted by Gasteiger charge is 2.22.